The zero-order valence-corrected chi connectivity index (χ0v) is 12.0. The van der Waals surface area contributed by atoms with Crippen molar-refractivity contribution in [1.29, 1.82) is 0 Å². The lowest BCUT2D eigenvalue weighted by atomic mass is 10.1. The van der Waals surface area contributed by atoms with Crippen molar-refractivity contribution >= 4 is 22.4 Å². The van der Waals surface area contributed by atoms with Gasteiger partial charge in [-0.2, -0.15) is 0 Å². The van der Waals surface area contributed by atoms with E-state index in [4.69, 9.17) is 0 Å². The van der Waals surface area contributed by atoms with Gasteiger partial charge in [-0.15, -0.1) is 12.4 Å². The van der Waals surface area contributed by atoms with Crippen LogP contribution in [-0.2, 0) is 10.0 Å². The fourth-order valence-electron chi connectivity index (χ4n) is 2.26. The minimum absolute atomic E-state index is 0. The van der Waals surface area contributed by atoms with Crippen LogP contribution >= 0.6 is 12.4 Å². The number of rotatable bonds is 5. The number of hydrogen-bond acceptors (Lipinski definition) is 3. The van der Waals surface area contributed by atoms with Crippen molar-refractivity contribution in [2.45, 2.75) is 38.1 Å². The fraction of sp³-hybridized carbons (Fsp3) is 1.00. The number of nitrogens with one attached hydrogen (secondary N) is 1. The lowest BCUT2D eigenvalue weighted by molar-refractivity contribution is 0.296. The predicted octanol–water partition coefficient (Wildman–Crippen LogP) is 1.22. The van der Waals surface area contributed by atoms with Crippen LogP contribution in [0, 0.1) is 5.92 Å². The third kappa shape index (κ3) is 4.39. The van der Waals surface area contributed by atoms with Gasteiger partial charge in [0.1, 0.15) is 0 Å². The maximum Gasteiger partial charge on any atom is 0.214 e. The maximum absolute atomic E-state index is 12.1. The topological polar surface area (TPSA) is 49.4 Å². The van der Waals surface area contributed by atoms with Crippen LogP contribution in [0.4, 0.5) is 0 Å². The van der Waals surface area contributed by atoms with Gasteiger partial charge in [0.2, 0.25) is 10.0 Å². The summed E-state index contributed by atoms with van der Waals surface area (Å²) in [7, 11) is -1.26. The summed E-state index contributed by atoms with van der Waals surface area (Å²) in [4.78, 5) is 0. The SMILES string of the molecule is CN(C1CCNCC1)S(=O)(=O)CCC1CC1.Cl. The molecular formula is C11H23ClN2O2S. The van der Waals surface area contributed by atoms with Gasteiger partial charge in [-0.25, -0.2) is 12.7 Å². The largest absolute Gasteiger partial charge is 0.317 e. The summed E-state index contributed by atoms with van der Waals surface area (Å²) < 4.78 is 25.8. The molecule has 0 aromatic carbocycles. The van der Waals surface area contributed by atoms with Crippen LogP contribution in [-0.4, -0.2) is 44.7 Å². The van der Waals surface area contributed by atoms with Crippen LogP contribution in [0.15, 0.2) is 0 Å². The van der Waals surface area contributed by atoms with Crippen molar-refractivity contribution in [1.82, 2.24) is 9.62 Å². The van der Waals surface area contributed by atoms with Gasteiger partial charge in [-0.05, 0) is 38.3 Å². The second-order valence-corrected chi connectivity index (χ2v) is 7.19. The van der Waals surface area contributed by atoms with Crippen LogP contribution in [0.5, 0.6) is 0 Å². The molecule has 17 heavy (non-hydrogen) atoms. The van der Waals surface area contributed by atoms with Crippen LogP contribution in [0.3, 0.4) is 0 Å². The molecule has 2 fully saturated rings. The Hall–Kier alpha value is 0.160. The van der Waals surface area contributed by atoms with E-state index in [0.29, 0.717) is 11.7 Å². The summed E-state index contributed by atoms with van der Waals surface area (Å²) in [6.45, 7) is 1.88. The molecule has 0 aromatic rings. The van der Waals surface area contributed by atoms with E-state index in [9.17, 15) is 8.42 Å². The van der Waals surface area contributed by atoms with Gasteiger partial charge in [0.05, 0.1) is 5.75 Å². The predicted molar refractivity (Wildman–Crippen MR) is 72.0 cm³/mol. The smallest absolute Gasteiger partial charge is 0.214 e. The van der Waals surface area contributed by atoms with Crippen molar-refractivity contribution in [2.75, 3.05) is 25.9 Å². The Bertz CT molecular complexity index is 324. The summed E-state index contributed by atoms with van der Waals surface area (Å²) in [5.41, 5.74) is 0. The molecule has 6 heteroatoms. The van der Waals surface area contributed by atoms with Crippen molar-refractivity contribution in [3.8, 4) is 0 Å². The van der Waals surface area contributed by atoms with E-state index in [-0.39, 0.29) is 18.4 Å². The average Bonchev–Trinajstić information content (AvgIpc) is 3.10. The molecule has 0 spiro atoms. The van der Waals surface area contributed by atoms with Crippen LogP contribution < -0.4 is 5.32 Å². The van der Waals surface area contributed by atoms with Gasteiger partial charge in [-0.1, -0.05) is 12.8 Å². The molecule has 4 nitrogen and oxygen atoms in total. The minimum Gasteiger partial charge on any atom is -0.317 e. The Kier molecular flexibility index (Phi) is 5.70. The highest BCUT2D eigenvalue weighted by molar-refractivity contribution is 7.89. The summed E-state index contributed by atoms with van der Waals surface area (Å²) in [5, 5.41) is 3.26. The monoisotopic (exact) mass is 282 g/mol. The van der Waals surface area contributed by atoms with E-state index in [1.807, 2.05) is 0 Å². The Balaban J connectivity index is 0.00000144. The van der Waals surface area contributed by atoms with E-state index in [1.165, 1.54) is 12.8 Å². The van der Waals surface area contributed by atoms with E-state index >= 15 is 0 Å². The van der Waals surface area contributed by atoms with E-state index in [2.05, 4.69) is 5.32 Å². The van der Waals surface area contributed by atoms with Crippen LogP contribution in [0.2, 0.25) is 0 Å². The molecule has 2 rings (SSSR count). The molecular weight excluding hydrogens is 260 g/mol. The van der Waals surface area contributed by atoms with Crippen LogP contribution in [0.25, 0.3) is 0 Å². The molecule has 1 saturated carbocycles. The van der Waals surface area contributed by atoms with Gasteiger partial charge >= 0.3 is 0 Å². The van der Waals surface area contributed by atoms with Crippen molar-refractivity contribution < 1.29 is 8.42 Å². The van der Waals surface area contributed by atoms with Gasteiger partial charge in [0.25, 0.3) is 0 Å². The van der Waals surface area contributed by atoms with Crippen molar-refractivity contribution in [2.24, 2.45) is 5.92 Å². The van der Waals surface area contributed by atoms with Crippen molar-refractivity contribution in [3.63, 3.8) is 0 Å². The molecule has 0 unspecified atom stereocenters. The first kappa shape index (κ1) is 15.2. The molecule has 102 valence electrons. The Morgan fingerprint density at radius 2 is 1.76 bits per heavy atom. The van der Waals surface area contributed by atoms with Crippen molar-refractivity contribution in [3.05, 3.63) is 0 Å². The molecule has 1 aliphatic heterocycles. The molecule has 2 aliphatic rings. The van der Waals surface area contributed by atoms with Gasteiger partial charge in [0.15, 0.2) is 0 Å². The third-order valence-electron chi connectivity index (χ3n) is 3.74. The Morgan fingerprint density at radius 3 is 2.29 bits per heavy atom. The van der Waals surface area contributed by atoms with Gasteiger partial charge < -0.3 is 5.32 Å². The molecule has 0 amide bonds. The summed E-state index contributed by atoms with van der Waals surface area (Å²) in [5.74, 6) is 1.04. The molecule has 0 atom stereocenters. The number of piperidine rings is 1. The molecule has 0 bridgehead atoms. The zero-order valence-electron chi connectivity index (χ0n) is 10.4. The standard InChI is InChI=1S/C11H22N2O2S.ClH/c1-13(11-4-7-12-8-5-11)16(14,15)9-6-10-2-3-10;/h10-12H,2-9H2,1H3;1H. The third-order valence-corrected chi connectivity index (χ3v) is 5.67. The normalized spacial score (nSPS) is 22.5. The first-order valence-electron chi connectivity index (χ1n) is 6.26. The highest BCUT2D eigenvalue weighted by Gasteiger charge is 2.30. The first-order valence-corrected chi connectivity index (χ1v) is 7.87. The molecule has 1 aliphatic carbocycles. The Labute approximate surface area is 111 Å². The number of nitrogens with zero attached hydrogens (tertiary/aromatic N) is 1. The summed E-state index contributed by atoms with van der Waals surface area (Å²) >= 11 is 0. The molecule has 1 N–H and O–H groups in total. The van der Waals surface area contributed by atoms with Crippen LogP contribution in [0.1, 0.15) is 32.1 Å². The second-order valence-electron chi connectivity index (χ2n) is 5.05. The van der Waals surface area contributed by atoms with E-state index in [1.54, 1.807) is 11.4 Å². The lowest BCUT2D eigenvalue weighted by Gasteiger charge is -2.30. The number of sulfonamides is 1. The number of hydrogen-bond donors (Lipinski definition) is 1. The van der Waals surface area contributed by atoms with Gasteiger partial charge in [-0.3, -0.25) is 0 Å². The molecule has 0 radical (unpaired) electrons. The molecule has 1 heterocycles. The number of halogens is 1. The quantitative estimate of drug-likeness (QED) is 0.825. The molecule has 1 saturated heterocycles. The zero-order chi connectivity index (χ0) is 11.6. The van der Waals surface area contributed by atoms with E-state index < -0.39 is 10.0 Å². The first-order chi connectivity index (χ1) is 7.59. The lowest BCUT2D eigenvalue weighted by Crippen LogP contribution is -2.44. The summed E-state index contributed by atoms with van der Waals surface area (Å²) in [6.07, 6.45) is 5.20. The molecule has 0 aromatic heterocycles. The maximum atomic E-state index is 12.1. The summed E-state index contributed by atoms with van der Waals surface area (Å²) in [6, 6.07) is 0.213. The Morgan fingerprint density at radius 1 is 1.18 bits per heavy atom. The van der Waals surface area contributed by atoms with E-state index in [0.717, 1.165) is 32.4 Å². The second kappa shape index (κ2) is 6.36. The minimum atomic E-state index is -3.01. The average molecular weight is 283 g/mol. The highest BCUT2D eigenvalue weighted by Crippen LogP contribution is 2.33. The highest BCUT2D eigenvalue weighted by atomic mass is 35.5. The fourth-order valence-corrected chi connectivity index (χ4v) is 3.85. The van der Waals surface area contributed by atoms with Gasteiger partial charge in [0, 0.05) is 13.1 Å².